The first-order valence-electron chi connectivity index (χ1n) is 10.7. The molecule has 0 aliphatic carbocycles. The predicted molar refractivity (Wildman–Crippen MR) is 119 cm³/mol. The van der Waals surface area contributed by atoms with Gasteiger partial charge in [0.1, 0.15) is 0 Å². The van der Waals surface area contributed by atoms with Crippen LogP contribution < -0.4 is 5.32 Å². The SMILES string of the molecule is O=C(NCC(c1ccccc1Cl)N1CCCC1)c1ccc(CN2C(=O)CCC2=O)cc1. The summed E-state index contributed by atoms with van der Waals surface area (Å²) in [6, 6.07) is 14.9. The summed E-state index contributed by atoms with van der Waals surface area (Å²) in [7, 11) is 0. The highest BCUT2D eigenvalue weighted by molar-refractivity contribution is 6.31. The van der Waals surface area contributed by atoms with E-state index in [9.17, 15) is 14.4 Å². The molecule has 1 unspecified atom stereocenters. The third kappa shape index (κ3) is 4.97. The lowest BCUT2D eigenvalue weighted by atomic mass is 10.0. The van der Waals surface area contributed by atoms with E-state index in [1.54, 1.807) is 24.3 Å². The van der Waals surface area contributed by atoms with Gasteiger partial charge in [-0.05, 0) is 55.3 Å². The van der Waals surface area contributed by atoms with Crippen molar-refractivity contribution in [3.63, 3.8) is 0 Å². The highest BCUT2D eigenvalue weighted by Gasteiger charge is 2.29. The summed E-state index contributed by atoms with van der Waals surface area (Å²) < 4.78 is 0. The molecule has 3 amide bonds. The topological polar surface area (TPSA) is 69.7 Å². The van der Waals surface area contributed by atoms with Crippen LogP contribution in [0.2, 0.25) is 5.02 Å². The van der Waals surface area contributed by atoms with Crippen molar-refractivity contribution in [2.45, 2.75) is 38.3 Å². The van der Waals surface area contributed by atoms with Crippen LogP contribution in [-0.4, -0.2) is 47.2 Å². The molecular weight excluding hydrogens is 414 g/mol. The Morgan fingerprint density at radius 1 is 0.968 bits per heavy atom. The van der Waals surface area contributed by atoms with Crippen LogP contribution in [0.25, 0.3) is 0 Å². The first-order valence-corrected chi connectivity index (χ1v) is 11.1. The van der Waals surface area contributed by atoms with Gasteiger partial charge >= 0.3 is 0 Å². The Labute approximate surface area is 187 Å². The zero-order chi connectivity index (χ0) is 21.8. The van der Waals surface area contributed by atoms with Gasteiger partial charge in [-0.1, -0.05) is 41.9 Å². The number of nitrogens with zero attached hydrogens (tertiary/aromatic N) is 2. The van der Waals surface area contributed by atoms with Gasteiger partial charge in [0.15, 0.2) is 0 Å². The van der Waals surface area contributed by atoms with E-state index < -0.39 is 0 Å². The van der Waals surface area contributed by atoms with Crippen LogP contribution in [0.4, 0.5) is 0 Å². The lowest BCUT2D eigenvalue weighted by molar-refractivity contribution is -0.139. The lowest BCUT2D eigenvalue weighted by Crippen LogP contribution is -2.37. The molecule has 162 valence electrons. The molecule has 0 radical (unpaired) electrons. The molecule has 2 aliphatic rings. The van der Waals surface area contributed by atoms with Crippen molar-refractivity contribution >= 4 is 29.3 Å². The number of likely N-dealkylation sites (tertiary alicyclic amines) is 2. The van der Waals surface area contributed by atoms with Gasteiger partial charge in [-0.15, -0.1) is 0 Å². The molecular formula is C24H26ClN3O3. The third-order valence-electron chi connectivity index (χ3n) is 6.01. The van der Waals surface area contributed by atoms with Gasteiger partial charge in [-0.2, -0.15) is 0 Å². The number of amides is 3. The van der Waals surface area contributed by atoms with Crippen molar-refractivity contribution in [3.05, 3.63) is 70.2 Å². The van der Waals surface area contributed by atoms with Gasteiger partial charge in [0.25, 0.3) is 5.91 Å². The van der Waals surface area contributed by atoms with Gasteiger partial charge in [0.05, 0.1) is 12.6 Å². The second-order valence-corrected chi connectivity index (χ2v) is 8.47. The third-order valence-corrected chi connectivity index (χ3v) is 6.36. The van der Waals surface area contributed by atoms with Crippen LogP contribution in [0.15, 0.2) is 48.5 Å². The van der Waals surface area contributed by atoms with E-state index in [2.05, 4.69) is 10.2 Å². The quantitative estimate of drug-likeness (QED) is 0.670. The molecule has 2 fully saturated rings. The summed E-state index contributed by atoms with van der Waals surface area (Å²) in [6.07, 6.45) is 2.86. The number of hydrogen-bond donors (Lipinski definition) is 1. The summed E-state index contributed by atoms with van der Waals surface area (Å²) in [4.78, 5) is 40.0. The average Bonchev–Trinajstić information content (AvgIpc) is 3.41. The molecule has 2 aliphatic heterocycles. The number of benzene rings is 2. The van der Waals surface area contributed by atoms with Crippen molar-refractivity contribution in [3.8, 4) is 0 Å². The maximum absolute atomic E-state index is 12.8. The second-order valence-electron chi connectivity index (χ2n) is 8.06. The smallest absolute Gasteiger partial charge is 0.251 e. The lowest BCUT2D eigenvalue weighted by Gasteiger charge is -2.29. The van der Waals surface area contributed by atoms with Gasteiger partial charge in [0.2, 0.25) is 11.8 Å². The molecule has 2 aromatic rings. The van der Waals surface area contributed by atoms with Crippen LogP contribution in [0.3, 0.4) is 0 Å². The summed E-state index contributed by atoms with van der Waals surface area (Å²) in [5.41, 5.74) is 2.40. The van der Waals surface area contributed by atoms with E-state index in [1.807, 2.05) is 24.3 Å². The molecule has 7 heteroatoms. The Balaban J connectivity index is 1.40. The molecule has 2 saturated heterocycles. The first-order chi connectivity index (χ1) is 15.0. The maximum Gasteiger partial charge on any atom is 0.251 e. The maximum atomic E-state index is 12.8. The Bertz CT molecular complexity index is 954. The Morgan fingerprint density at radius 3 is 2.26 bits per heavy atom. The van der Waals surface area contributed by atoms with Crippen molar-refractivity contribution in [1.82, 2.24) is 15.1 Å². The Kier molecular flexibility index (Phi) is 6.68. The fraction of sp³-hybridized carbons (Fsp3) is 0.375. The molecule has 31 heavy (non-hydrogen) atoms. The van der Waals surface area contributed by atoms with Crippen LogP contribution in [0.5, 0.6) is 0 Å². The van der Waals surface area contributed by atoms with Crippen LogP contribution in [0, 0.1) is 0 Å². The fourth-order valence-electron chi connectivity index (χ4n) is 4.27. The second kappa shape index (κ2) is 9.62. The Morgan fingerprint density at radius 2 is 1.61 bits per heavy atom. The van der Waals surface area contributed by atoms with Crippen LogP contribution in [-0.2, 0) is 16.1 Å². The van der Waals surface area contributed by atoms with E-state index in [0.717, 1.165) is 37.1 Å². The average molecular weight is 440 g/mol. The molecule has 0 aromatic heterocycles. The van der Waals surface area contributed by atoms with Crippen LogP contribution >= 0.6 is 11.6 Å². The van der Waals surface area contributed by atoms with E-state index in [1.165, 1.54) is 4.90 Å². The monoisotopic (exact) mass is 439 g/mol. The minimum Gasteiger partial charge on any atom is -0.350 e. The predicted octanol–water partition coefficient (Wildman–Crippen LogP) is 3.56. The van der Waals surface area contributed by atoms with Crippen molar-refractivity contribution in [2.24, 2.45) is 0 Å². The van der Waals surface area contributed by atoms with E-state index in [0.29, 0.717) is 17.1 Å². The fourth-order valence-corrected chi connectivity index (χ4v) is 4.53. The van der Waals surface area contributed by atoms with Gasteiger partial charge in [-0.25, -0.2) is 0 Å². The van der Waals surface area contributed by atoms with E-state index >= 15 is 0 Å². The standard InChI is InChI=1S/C24H26ClN3O3/c25-20-6-2-1-5-19(20)21(27-13-3-4-14-27)15-26-24(31)18-9-7-17(8-10-18)16-28-22(29)11-12-23(28)30/h1-2,5-10,21H,3-4,11-16H2,(H,26,31). The molecule has 1 atom stereocenters. The van der Waals surface area contributed by atoms with Gasteiger partial charge in [0, 0.05) is 30.0 Å². The minimum atomic E-state index is -0.156. The van der Waals surface area contributed by atoms with E-state index in [-0.39, 0.29) is 43.1 Å². The highest BCUT2D eigenvalue weighted by Crippen LogP contribution is 2.29. The molecule has 4 rings (SSSR count). The number of halogens is 1. The summed E-state index contributed by atoms with van der Waals surface area (Å²) >= 11 is 6.45. The largest absolute Gasteiger partial charge is 0.350 e. The molecule has 1 N–H and O–H groups in total. The molecule has 2 aromatic carbocycles. The minimum absolute atomic E-state index is 0.0339. The van der Waals surface area contributed by atoms with Crippen molar-refractivity contribution in [1.29, 1.82) is 0 Å². The summed E-state index contributed by atoms with van der Waals surface area (Å²) in [5, 5.41) is 3.76. The summed E-state index contributed by atoms with van der Waals surface area (Å²) in [5.74, 6) is -0.435. The van der Waals surface area contributed by atoms with Gasteiger partial charge < -0.3 is 5.32 Å². The molecule has 2 heterocycles. The molecule has 0 spiro atoms. The number of hydrogen-bond acceptors (Lipinski definition) is 4. The summed E-state index contributed by atoms with van der Waals surface area (Å²) in [6.45, 7) is 2.72. The number of nitrogens with one attached hydrogen (secondary N) is 1. The first kappa shape index (κ1) is 21.5. The zero-order valence-corrected chi connectivity index (χ0v) is 18.1. The number of rotatable bonds is 7. The van der Waals surface area contributed by atoms with Crippen molar-refractivity contribution in [2.75, 3.05) is 19.6 Å². The van der Waals surface area contributed by atoms with E-state index in [4.69, 9.17) is 11.6 Å². The number of carbonyl (C=O) groups excluding carboxylic acids is 3. The molecule has 6 nitrogen and oxygen atoms in total. The van der Waals surface area contributed by atoms with Crippen LogP contribution in [0.1, 0.15) is 53.2 Å². The molecule has 0 saturated carbocycles. The Hall–Kier alpha value is -2.70. The molecule has 0 bridgehead atoms. The highest BCUT2D eigenvalue weighted by atomic mass is 35.5. The number of imide groups is 1. The van der Waals surface area contributed by atoms with Crippen molar-refractivity contribution < 1.29 is 14.4 Å². The van der Waals surface area contributed by atoms with Gasteiger partial charge in [-0.3, -0.25) is 24.2 Å². The zero-order valence-electron chi connectivity index (χ0n) is 17.4. The normalized spacial score (nSPS) is 17.9. The number of carbonyl (C=O) groups is 3.